The Hall–Kier alpha value is -2.20. The molecule has 0 radical (unpaired) electrons. The summed E-state index contributed by atoms with van der Waals surface area (Å²) in [4.78, 5) is 29.9. The van der Waals surface area contributed by atoms with Crippen molar-refractivity contribution < 1.29 is 9.72 Å². The Morgan fingerprint density at radius 2 is 2.43 bits per heavy atom. The zero-order valence-electron chi connectivity index (χ0n) is 12.5. The molecule has 3 heterocycles. The van der Waals surface area contributed by atoms with Gasteiger partial charge < -0.3 is 26.1 Å². The van der Waals surface area contributed by atoms with Gasteiger partial charge in [0.05, 0.1) is 5.92 Å². The molecule has 1 atom stereocenters. The summed E-state index contributed by atoms with van der Waals surface area (Å²) in [7, 11) is 0. The summed E-state index contributed by atoms with van der Waals surface area (Å²) in [5.74, 6) is 0.0564. The van der Waals surface area contributed by atoms with Crippen molar-refractivity contribution in [3.05, 3.63) is 21.7 Å². The van der Waals surface area contributed by atoms with Gasteiger partial charge in [-0.25, -0.2) is 0 Å². The maximum atomic E-state index is 12.1. The van der Waals surface area contributed by atoms with Gasteiger partial charge in [0.15, 0.2) is 0 Å². The van der Waals surface area contributed by atoms with Crippen molar-refractivity contribution in [3.63, 3.8) is 0 Å². The summed E-state index contributed by atoms with van der Waals surface area (Å²) in [6, 6.07) is 0. The van der Waals surface area contributed by atoms with Crippen molar-refractivity contribution in [3.8, 4) is 0 Å². The number of thiazole rings is 1. The molecule has 124 valence electrons. The van der Waals surface area contributed by atoms with Crippen molar-refractivity contribution in [1.29, 1.82) is 0 Å². The highest BCUT2D eigenvalue weighted by Crippen LogP contribution is 2.33. The second-order valence-electron chi connectivity index (χ2n) is 5.44. The first-order valence-electron chi connectivity index (χ1n) is 7.44. The molecule has 3 N–H and O–H groups in total. The fourth-order valence-corrected chi connectivity index (χ4v) is 3.57. The number of hydrogen-bond acceptors (Lipinski definition) is 7. The predicted molar refractivity (Wildman–Crippen MR) is 86.7 cm³/mol. The minimum absolute atomic E-state index is 0.0377. The molecule has 3 rings (SSSR count). The molecule has 1 fully saturated rings. The van der Waals surface area contributed by atoms with Crippen LogP contribution in [0.3, 0.4) is 0 Å². The monoisotopic (exact) mass is 338 g/mol. The predicted octanol–water partition coefficient (Wildman–Crippen LogP) is 0.595. The molecule has 0 bridgehead atoms. The molecule has 1 aliphatic heterocycles. The minimum Gasteiger partial charge on any atom is -0.358 e. The van der Waals surface area contributed by atoms with Crippen LogP contribution >= 0.6 is 11.3 Å². The second kappa shape index (κ2) is 6.50. The normalized spacial score (nSPS) is 18.3. The number of nitrogens with two attached hydrogens (primary N) is 1. The lowest BCUT2D eigenvalue weighted by Crippen LogP contribution is -2.44. The Bertz CT molecular complexity index is 726. The lowest BCUT2D eigenvalue weighted by Gasteiger charge is -2.31. The van der Waals surface area contributed by atoms with Gasteiger partial charge in [-0.1, -0.05) is 11.3 Å². The molecule has 2 aromatic heterocycles. The van der Waals surface area contributed by atoms with Crippen molar-refractivity contribution in [2.24, 2.45) is 11.7 Å². The standard InChI is InChI=1S/C13H18N6O3S/c14-3-4-15-11(20)9-2-1-5-17(8-9)10-12(19(21)22)18-6-7-23-13(18)16-10/h6-7,9H,1-5,8,14H2,(H,15,20). The van der Waals surface area contributed by atoms with E-state index in [4.69, 9.17) is 5.73 Å². The molecule has 9 nitrogen and oxygen atoms in total. The highest BCUT2D eigenvalue weighted by Gasteiger charge is 2.33. The molecular formula is C13H18N6O3S. The third-order valence-corrected chi connectivity index (χ3v) is 4.68. The maximum absolute atomic E-state index is 12.1. The van der Waals surface area contributed by atoms with Gasteiger partial charge in [0.1, 0.15) is 6.20 Å². The zero-order valence-corrected chi connectivity index (χ0v) is 13.3. The second-order valence-corrected chi connectivity index (χ2v) is 6.31. The summed E-state index contributed by atoms with van der Waals surface area (Å²) >= 11 is 1.35. The van der Waals surface area contributed by atoms with E-state index < -0.39 is 4.92 Å². The lowest BCUT2D eigenvalue weighted by atomic mass is 9.97. The van der Waals surface area contributed by atoms with E-state index in [0.29, 0.717) is 37.0 Å². The largest absolute Gasteiger partial charge is 0.373 e. The molecule has 10 heteroatoms. The van der Waals surface area contributed by atoms with Crippen molar-refractivity contribution >= 4 is 33.8 Å². The fraction of sp³-hybridized carbons (Fsp3) is 0.538. The van der Waals surface area contributed by atoms with Crippen molar-refractivity contribution in [2.75, 3.05) is 31.1 Å². The third-order valence-electron chi connectivity index (χ3n) is 3.93. The number of fused-ring (bicyclic) bond motifs is 1. The van der Waals surface area contributed by atoms with E-state index in [1.165, 1.54) is 15.7 Å². The topological polar surface area (TPSA) is 119 Å². The van der Waals surface area contributed by atoms with E-state index in [9.17, 15) is 14.9 Å². The summed E-state index contributed by atoms with van der Waals surface area (Å²) in [5, 5.41) is 16.0. The van der Waals surface area contributed by atoms with Crippen LogP contribution in [0.15, 0.2) is 11.6 Å². The van der Waals surface area contributed by atoms with Crippen LogP contribution in [0, 0.1) is 16.0 Å². The molecular weight excluding hydrogens is 320 g/mol. The molecule has 1 saturated heterocycles. The summed E-state index contributed by atoms with van der Waals surface area (Å²) in [6.45, 7) is 1.93. The van der Waals surface area contributed by atoms with Gasteiger partial charge in [-0.3, -0.25) is 4.79 Å². The number of nitrogens with one attached hydrogen (secondary N) is 1. The average molecular weight is 338 g/mol. The van der Waals surface area contributed by atoms with Crippen LogP contribution in [0.1, 0.15) is 12.8 Å². The molecule has 1 amide bonds. The minimum atomic E-state index is -0.417. The highest BCUT2D eigenvalue weighted by atomic mass is 32.1. The van der Waals surface area contributed by atoms with Crippen LogP contribution in [0.2, 0.25) is 0 Å². The van der Waals surface area contributed by atoms with E-state index in [2.05, 4.69) is 10.3 Å². The smallest absolute Gasteiger partial charge is 0.358 e. The molecule has 0 saturated carbocycles. The average Bonchev–Trinajstić information content (AvgIpc) is 3.12. The van der Waals surface area contributed by atoms with Gasteiger partial charge in [-0.05, 0) is 17.8 Å². The molecule has 1 unspecified atom stereocenters. The van der Waals surface area contributed by atoms with Gasteiger partial charge >= 0.3 is 5.82 Å². The van der Waals surface area contributed by atoms with Gasteiger partial charge in [0.2, 0.25) is 11.7 Å². The molecule has 0 aromatic carbocycles. The number of anilines is 1. The van der Waals surface area contributed by atoms with Crippen LogP contribution in [0.4, 0.5) is 11.6 Å². The third kappa shape index (κ3) is 2.99. The fourth-order valence-electron chi connectivity index (χ4n) is 2.87. The quantitative estimate of drug-likeness (QED) is 0.608. The van der Waals surface area contributed by atoms with Crippen LogP contribution in [0.25, 0.3) is 4.96 Å². The van der Waals surface area contributed by atoms with Crippen LogP contribution in [-0.4, -0.2) is 46.4 Å². The SMILES string of the molecule is NCCNC(=O)C1CCCN(c2nc3sccn3c2[N+](=O)[O-])C1. The van der Waals surface area contributed by atoms with E-state index in [1.54, 1.807) is 11.6 Å². The summed E-state index contributed by atoms with van der Waals surface area (Å²) in [6.07, 6.45) is 3.20. The first kappa shape index (κ1) is 15.7. The van der Waals surface area contributed by atoms with Crippen LogP contribution in [0.5, 0.6) is 0 Å². The van der Waals surface area contributed by atoms with Crippen molar-refractivity contribution in [2.45, 2.75) is 12.8 Å². The van der Waals surface area contributed by atoms with Gasteiger partial charge in [-0.15, -0.1) is 0 Å². The number of amides is 1. The van der Waals surface area contributed by atoms with E-state index in [0.717, 1.165) is 12.8 Å². The molecule has 0 aliphatic carbocycles. The number of nitro groups is 1. The van der Waals surface area contributed by atoms with E-state index >= 15 is 0 Å². The zero-order chi connectivity index (χ0) is 16.4. The molecule has 0 spiro atoms. The van der Waals surface area contributed by atoms with Gasteiger partial charge in [0, 0.05) is 31.6 Å². The maximum Gasteiger partial charge on any atom is 0.373 e. The summed E-state index contributed by atoms with van der Waals surface area (Å²) < 4.78 is 1.48. The highest BCUT2D eigenvalue weighted by molar-refractivity contribution is 7.15. The van der Waals surface area contributed by atoms with Gasteiger partial charge in [0.25, 0.3) is 4.96 Å². The number of piperidine rings is 1. The Kier molecular flexibility index (Phi) is 4.44. The number of imidazole rings is 1. The number of nitrogens with zero attached hydrogens (tertiary/aromatic N) is 4. The van der Waals surface area contributed by atoms with Gasteiger partial charge in [-0.2, -0.15) is 9.38 Å². The van der Waals surface area contributed by atoms with Crippen LogP contribution in [-0.2, 0) is 4.79 Å². The Morgan fingerprint density at radius 1 is 1.61 bits per heavy atom. The number of hydrogen-bond donors (Lipinski definition) is 2. The van der Waals surface area contributed by atoms with Crippen molar-refractivity contribution in [1.82, 2.24) is 14.7 Å². The Labute approximate surface area is 136 Å². The molecule has 1 aliphatic rings. The number of rotatable bonds is 5. The first-order chi connectivity index (χ1) is 11.1. The number of aromatic nitrogens is 2. The Balaban J connectivity index is 1.84. The van der Waals surface area contributed by atoms with Crippen LogP contribution < -0.4 is 16.0 Å². The summed E-state index contributed by atoms with van der Waals surface area (Å²) in [5.41, 5.74) is 5.40. The first-order valence-corrected chi connectivity index (χ1v) is 8.32. The lowest BCUT2D eigenvalue weighted by molar-refractivity contribution is -0.389. The van der Waals surface area contributed by atoms with E-state index in [1.807, 2.05) is 4.90 Å². The van der Waals surface area contributed by atoms with E-state index in [-0.39, 0.29) is 17.6 Å². The number of carbonyl (C=O) groups excluding carboxylic acids is 1. The molecule has 2 aromatic rings. The number of carbonyl (C=O) groups is 1. The molecule has 23 heavy (non-hydrogen) atoms. The Morgan fingerprint density at radius 3 is 3.17 bits per heavy atom.